The molecule has 0 spiro atoms. The van der Waals surface area contributed by atoms with Crippen molar-refractivity contribution in [2.24, 2.45) is 0 Å². The van der Waals surface area contributed by atoms with Crippen molar-refractivity contribution in [1.82, 2.24) is 19.9 Å². The smallest absolute Gasteiger partial charge is 0.227 e. The molecule has 0 saturated heterocycles. The minimum absolute atomic E-state index is 0.0268. The van der Waals surface area contributed by atoms with E-state index in [1.807, 2.05) is 0 Å². The van der Waals surface area contributed by atoms with Gasteiger partial charge < -0.3 is 15.3 Å². The van der Waals surface area contributed by atoms with Gasteiger partial charge in [-0.25, -0.2) is 15.0 Å². The number of anilines is 2. The second kappa shape index (κ2) is 8.33. The summed E-state index contributed by atoms with van der Waals surface area (Å²) in [7, 11) is -1.23. The van der Waals surface area contributed by atoms with Crippen LogP contribution in [0.15, 0.2) is 29.6 Å². The van der Waals surface area contributed by atoms with Gasteiger partial charge in [-0.3, -0.25) is 4.21 Å². The molecule has 1 aliphatic heterocycles. The van der Waals surface area contributed by atoms with E-state index in [2.05, 4.69) is 36.2 Å². The lowest BCUT2D eigenvalue weighted by Gasteiger charge is -2.41. The molecule has 29 heavy (non-hydrogen) atoms. The number of rotatable bonds is 6. The summed E-state index contributed by atoms with van der Waals surface area (Å²) in [5, 5.41) is 13.6. The normalized spacial score (nSPS) is 19.3. The van der Waals surface area contributed by atoms with Gasteiger partial charge in [0.05, 0.1) is 39.1 Å². The van der Waals surface area contributed by atoms with Crippen molar-refractivity contribution in [2.75, 3.05) is 36.2 Å². The summed E-state index contributed by atoms with van der Waals surface area (Å²) in [5.41, 5.74) is 0.692. The summed E-state index contributed by atoms with van der Waals surface area (Å²) in [5.74, 6) is 1.80. The van der Waals surface area contributed by atoms with E-state index < -0.39 is 10.8 Å². The zero-order valence-electron chi connectivity index (χ0n) is 16.1. The van der Waals surface area contributed by atoms with Crippen LogP contribution in [0, 0.1) is 0 Å². The minimum atomic E-state index is -1.23. The average molecular weight is 435 g/mol. The first-order chi connectivity index (χ1) is 14.0. The Morgan fingerprint density at radius 2 is 2.03 bits per heavy atom. The molecule has 4 rings (SSSR count). The van der Waals surface area contributed by atoms with Gasteiger partial charge in [0.25, 0.3) is 0 Å². The van der Waals surface area contributed by atoms with Crippen LogP contribution in [0.3, 0.4) is 0 Å². The highest BCUT2D eigenvalue weighted by atomic mass is 35.5. The first-order valence-corrected chi connectivity index (χ1v) is 11.4. The molecule has 2 N–H and O–H groups in total. The van der Waals surface area contributed by atoms with Gasteiger partial charge >= 0.3 is 0 Å². The van der Waals surface area contributed by atoms with Crippen molar-refractivity contribution in [2.45, 2.75) is 36.1 Å². The van der Waals surface area contributed by atoms with Crippen molar-refractivity contribution in [3.8, 4) is 0 Å². The molecule has 1 atom stereocenters. The number of halogens is 1. The van der Waals surface area contributed by atoms with E-state index in [0.717, 1.165) is 37.8 Å². The summed E-state index contributed by atoms with van der Waals surface area (Å²) >= 11 is 5.86. The number of nitrogens with zero attached hydrogens (tertiary/aromatic N) is 5. The molecule has 154 valence electrons. The van der Waals surface area contributed by atoms with E-state index in [4.69, 9.17) is 11.6 Å². The standard InChI is InChI=1S/C19H23ClN6O2S/c1-29(28)15-11-23-18(24-17(15)25-19(12-27)5-2-6-19)26-7-3-13(4-8-26)16-21-9-14(20)10-22-16/h3,9-11,27H,2,4-8,12H2,1H3,(H,23,24,25). The molecule has 1 aliphatic carbocycles. The van der Waals surface area contributed by atoms with E-state index in [1.165, 1.54) is 0 Å². The maximum Gasteiger partial charge on any atom is 0.227 e. The molecule has 2 aromatic rings. The van der Waals surface area contributed by atoms with Crippen LogP contribution >= 0.6 is 11.6 Å². The first kappa shape index (κ1) is 20.2. The molecule has 0 bridgehead atoms. The molecule has 0 amide bonds. The first-order valence-electron chi connectivity index (χ1n) is 9.51. The lowest BCUT2D eigenvalue weighted by molar-refractivity contribution is 0.143. The SMILES string of the molecule is CS(=O)c1cnc(N2CC=C(c3ncc(Cl)cn3)CC2)nc1NC1(CO)CCC1. The van der Waals surface area contributed by atoms with E-state index in [9.17, 15) is 9.32 Å². The van der Waals surface area contributed by atoms with Crippen LogP contribution in [0.5, 0.6) is 0 Å². The molecular formula is C19H23ClN6O2S. The molecule has 2 aromatic heterocycles. The van der Waals surface area contributed by atoms with Gasteiger partial charge in [0.1, 0.15) is 5.82 Å². The lowest BCUT2D eigenvalue weighted by atomic mass is 9.77. The largest absolute Gasteiger partial charge is 0.394 e. The van der Waals surface area contributed by atoms with E-state index >= 15 is 0 Å². The second-order valence-electron chi connectivity index (χ2n) is 7.40. The van der Waals surface area contributed by atoms with Gasteiger partial charge in [0.2, 0.25) is 5.95 Å². The maximum atomic E-state index is 12.1. The number of aliphatic hydroxyl groups excluding tert-OH is 1. The van der Waals surface area contributed by atoms with E-state index in [0.29, 0.717) is 34.1 Å². The van der Waals surface area contributed by atoms with Crippen LogP contribution in [0.25, 0.3) is 5.57 Å². The molecule has 10 heteroatoms. The zero-order chi connectivity index (χ0) is 20.4. The van der Waals surface area contributed by atoms with Gasteiger partial charge in [0.15, 0.2) is 5.82 Å². The van der Waals surface area contributed by atoms with Gasteiger partial charge in [-0.2, -0.15) is 4.98 Å². The minimum Gasteiger partial charge on any atom is -0.394 e. The Kier molecular flexibility index (Phi) is 5.80. The van der Waals surface area contributed by atoms with Gasteiger partial charge in [-0.05, 0) is 31.3 Å². The third-order valence-corrected chi connectivity index (χ3v) is 6.56. The zero-order valence-corrected chi connectivity index (χ0v) is 17.7. The molecule has 0 radical (unpaired) electrons. The van der Waals surface area contributed by atoms with Crippen LogP contribution in [0.4, 0.5) is 11.8 Å². The summed E-state index contributed by atoms with van der Waals surface area (Å²) in [6.45, 7) is 1.37. The van der Waals surface area contributed by atoms with Crippen molar-refractivity contribution < 1.29 is 9.32 Å². The van der Waals surface area contributed by atoms with Gasteiger partial charge in [-0.1, -0.05) is 17.7 Å². The van der Waals surface area contributed by atoms with Crippen molar-refractivity contribution in [3.63, 3.8) is 0 Å². The summed E-state index contributed by atoms with van der Waals surface area (Å²) < 4.78 is 12.1. The summed E-state index contributed by atoms with van der Waals surface area (Å²) in [4.78, 5) is 20.3. The monoisotopic (exact) mass is 434 g/mol. The van der Waals surface area contributed by atoms with Crippen molar-refractivity contribution >= 4 is 39.7 Å². The molecular weight excluding hydrogens is 412 g/mol. The Bertz CT molecular complexity index is 943. The highest BCUT2D eigenvalue weighted by molar-refractivity contribution is 7.84. The van der Waals surface area contributed by atoms with Crippen LogP contribution in [0.1, 0.15) is 31.5 Å². The lowest BCUT2D eigenvalue weighted by Crippen LogP contribution is -2.48. The molecule has 1 unspecified atom stereocenters. The Morgan fingerprint density at radius 1 is 1.28 bits per heavy atom. The number of hydrogen-bond acceptors (Lipinski definition) is 8. The van der Waals surface area contributed by atoms with Crippen molar-refractivity contribution in [1.29, 1.82) is 0 Å². The Hall–Kier alpha value is -2.10. The van der Waals surface area contributed by atoms with Crippen LogP contribution < -0.4 is 10.2 Å². The van der Waals surface area contributed by atoms with E-state index in [1.54, 1.807) is 24.8 Å². The number of aliphatic hydroxyl groups is 1. The molecule has 1 fully saturated rings. The molecule has 0 aromatic carbocycles. The average Bonchev–Trinajstić information content (AvgIpc) is 2.71. The van der Waals surface area contributed by atoms with Crippen LogP contribution in [-0.2, 0) is 10.8 Å². The van der Waals surface area contributed by atoms with E-state index in [-0.39, 0.29) is 12.1 Å². The van der Waals surface area contributed by atoms with Crippen LogP contribution in [-0.4, -0.2) is 60.7 Å². The Morgan fingerprint density at radius 3 is 2.59 bits per heavy atom. The Balaban J connectivity index is 1.55. The third-order valence-electron chi connectivity index (χ3n) is 5.45. The molecule has 8 nitrogen and oxygen atoms in total. The Labute approximate surface area is 176 Å². The maximum absolute atomic E-state index is 12.1. The number of hydrogen-bond donors (Lipinski definition) is 2. The van der Waals surface area contributed by atoms with Gasteiger partial charge in [-0.15, -0.1) is 0 Å². The predicted octanol–water partition coefficient (Wildman–Crippen LogP) is 2.28. The fraction of sp³-hybridized carbons (Fsp3) is 0.474. The molecule has 2 aliphatic rings. The summed E-state index contributed by atoms with van der Waals surface area (Å²) in [6, 6.07) is 0. The quantitative estimate of drug-likeness (QED) is 0.713. The second-order valence-corrected chi connectivity index (χ2v) is 9.19. The highest BCUT2D eigenvalue weighted by Crippen LogP contribution is 2.36. The fourth-order valence-electron chi connectivity index (χ4n) is 3.52. The number of aromatic nitrogens is 4. The van der Waals surface area contributed by atoms with Crippen molar-refractivity contribution in [3.05, 3.63) is 35.5 Å². The molecule has 3 heterocycles. The highest BCUT2D eigenvalue weighted by Gasteiger charge is 2.37. The number of nitrogens with one attached hydrogen (secondary N) is 1. The predicted molar refractivity (Wildman–Crippen MR) is 114 cm³/mol. The van der Waals surface area contributed by atoms with Gasteiger partial charge in [0, 0.05) is 31.7 Å². The third kappa shape index (κ3) is 4.26. The van der Waals surface area contributed by atoms with Crippen LogP contribution in [0.2, 0.25) is 5.02 Å². The summed E-state index contributed by atoms with van der Waals surface area (Å²) in [6.07, 6.45) is 12.0. The fourth-order valence-corrected chi connectivity index (χ4v) is 4.19. The molecule has 1 saturated carbocycles. The topological polar surface area (TPSA) is 104 Å².